The Labute approximate surface area is 123 Å². The summed E-state index contributed by atoms with van der Waals surface area (Å²) in [5.41, 5.74) is 0.136. The van der Waals surface area contributed by atoms with Crippen molar-refractivity contribution in [3.63, 3.8) is 0 Å². The predicted molar refractivity (Wildman–Crippen MR) is 78.9 cm³/mol. The van der Waals surface area contributed by atoms with Crippen molar-refractivity contribution in [1.82, 2.24) is 5.32 Å². The predicted octanol–water partition coefficient (Wildman–Crippen LogP) is 3.01. The van der Waals surface area contributed by atoms with Crippen LogP contribution in [0.15, 0.2) is 24.3 Å². The molecule has 1 rings (SSSR count). The monoisotopic (exact) mass is 296 g/mol. The number of benzene rings is 1. The highest BCUT2D eigenvalue weighted by Gasteiger charge is 2.24. The average Bonchev–Trinajstić information content (AvgIpc) is 2.45. The van der Waals surface area contributed by atoms with Crippen molar-refractivity contribution in [3.8, 4) is 0 Å². The number of urea groups is 1. The number of nitrogens with one attached hydrogen (secondary N) is 1. The second kappa shape index (κ2) is 8.24. The van der Waals surface area contributed by atoms with Crippen molar-refractivity contribution in [3.05, 3.63) is 30.1 Å². The average molecular weight is 296 g/mol. The van der Waals surface area contributed by atoms with Crippen LogP contribution in [0.5, 0.6) is 0 Å². The summed E-state index contributed by atoms with van der Waals surface area (Å²) in [5, 5.41) is 11.6. The number of carbonyl (C=O) groups is 2. The first-order valence-electron chi connectivity index (χ1n) is 7.06. The number of hydrogen-bond donors (Lipinski definition) is 2. The minimum atomic E-state index is -1.08. The molecule has 0 spiro atoms. The molecule has 2 N–H and O–H groups in total. The van der Waals surface area contributed by atoms with Crippen LogP contribution in [0.2, 0.25) is 0 Å². The zero-order valence-corrected chi connectivity index (χ0v) is 12.3. The van der Waals surface area contributed by atoms with Crippen LogP contribution in [0.4, 0.5) is 14.9 Å². The summed E-state index contributed by atoms with van der Waals surface area (Å²) in [5.74, 6) is -1.60. The minimum Gasteiger partial charge on any atom is -0.480 e. The largest absolute Gasteiger partial charge is 0.480 e. The van der Waals surface area contributed by atoms with Gasteiger partial charge in [0.2, 0.25) is 0 Å². The molecule has 1 aromatic rings. The van der Waals surface area contributed by atoms with Crippen LogP contribution in [0.1, 0.15) is 33.1 Å². The fraction of sp³-hybridized carbons (Fsp3) is 0.467. The van der Waals surface area contributed by atoms with E-state index in [4.69, 9.17) is 5.11 Å². The molecule has 0 aromatic heterocycles. The SMILES string of the molecule is CCCC[C@H](NC(=O)N(CC)c1ccccc1F)C(=O)O. The van der Waals surface area contributed by atoms with Crippen molar-refractivity contribution in [2.45, 2.75) is 39.2 Å². The third-order valence-electron chi connectivity index (χ3n) is 3.15. The first-order valence-corrected chi connectivity index (χ1v) is 7.06. The maximum absolute atomic E-state index is 13.7. The maximum Gasteiger partial charge on any atom is 0.326 e. The van der Waals surface area contributed by atoms with Crippen molar-refractivity contribution >= 4 is 17.7 Å². The molecule has 0 radical (unpaired) electrons. The molecule has 0 aliphatic heterocycles. The molecule has 0 heterocycles. The van der Waals surface area contributed by atoms with Crippen molar-refractivity contribution in [2.75, 3.05) is 11.4 Å². The molecule has 0 bridgehead atoms. The lowest BCUT2D eigenvalue weighted by Gasteiger charge is -2.24. The fourth-order valence-electron chi connectivity index (χ4n) is 1.99. The van der Waals surface area contributed by atoms with E-state index >= 15 is 0 Å². The van der Waals surface area contributed by atoms with Crippen LogP contribution < -0.4 is 10.2 Å². The van der Waals surface area contributed by atoms with E-state index in [9.17, 15) is 14.0 Å². The van der Waals surface area contributed by atoms with Gasteiger partial charge in [0.25, 0.3) is 0 Å². The Bertz CT molecular complexity index is 494. The summed E-state index contributed by atoms with van der Waals surface area (Å²) in [6.07, 6.45) is 1.89. The van der Waals surface area contributed by atoms with E-state index in [1.54, 1.807) is 13.0 Å². The number of rotatable bonds is 7. The van der Waals surface area contributed by atoms with Gasteiger partial charge in [-0.25, -0.2) is 14.0 Å². The number of carboxylic acids is 1. The van der Waals surface area contributed by atoms with Crippen LogP contribution in [-0.2, 0) is 4.79 Å². The number of carboxylic acid groups (broad SMARTS) is 1. The molecule has 116 valence electrons. The molecule has 0 aliphatic rings. The molecule has 1 atom stereocenters. The van der Waals surface area contributed by atoms with Gasteiger partial charge in [0.15, 0.2) is 0 Å². The molecule has 21 heavy (non-hydrogen) atoms. The van der Waals surface area contributed by atoms with E-state index in [0.29, 0.717) is 12.8 Å². The topological polar surface area (TPSA) is 69.6 Å². The summed E-state index contributed by atoms with van der Waals surface area (Å²) < 4.78 is 13.7. The zero-order valence-electron chi connectivity index (χ0n) is 12.3. The molecule has 1 aromatic carbocycles. The third-order valence-corrected chi connectivity index (χ3v) is 3.15. The van der Waals surface area contributed by atoms with Crippen LogP contribution >= 0.6 is 0 Å². The number of nitrogens with zero attached hydrogens (tertiary/aromatic N) is 1. The number of para-hydroxylation sites is 1. The quantitative estimate of drug-likeness (QED) is 0.812. The standard InChI is InChI=1S/C15H21FN2O3/c1-3-5-9-12(14(19)20)17-15(21)18(4-2)13-10-7-6-8-11(13)16/h6-8,10,12H,3-5,9H2,1-2H3,(H,17,21)(H,19,20)/t12-/m0/s1. The number of unbranched alkanes of at least 4 members (excludes halogenated alkanes) is 1. The van der Waals surface area contributed by atoms with Crippen LogP contribution in [-0.4, -0.2) is 29.7 Å². The van der Waals surface area contributed by atoms with E-state index in [1.807, 2.05) is 6.92 Å². The molecule has 0 unspecified atom stereocenters. The van der Waals surface area contributed by atoms with Gasteiger partial charge in [-0.15, -0.1) is 0 Å². The fourth-order valence-corrected chi connectivity index (χ4v) is 1.99. The molecule has 2 amide bonds. The summed E-state index contributed by atoms with van der Waals surface area (Å²) in [7, 11) is 0. The summed E-state index contributed by atoms with van der Waals surface area (Å²) in [6, 6.07) is 4.34. The van der Waals surface area contributed by atoms with E-state index in [0.717, 1.165) is 6.42 Å². The van der Waals surface area contributed by atoms with Crippen molar-refractivity contribution in [1.29, 1.82) is 0 Å². The number of amides is 2. The molecule has 5 nitrogen and oxygen atoms in total. The highest BCUT2D eigenvalue weighted by molar-refractivity contribution is 5.94. The van der Waals surface area contributed by atoms with E-state index in [2.05, 4.69) is 5.32 Å². The van der Waals surface area contributed by atoms with Gasteiger partial charge in [-0.2, -0.15) is 0 Å². The summed E-state index contributed by atoms with van der Waals surface area (Å²) in [6.45, 7) is 3.89. The lowest BCUT2D eigenvalue weighted by molar-refractivity contribution is -0.139. The summed E-state index contributed by atoms with van der Waals surface area (Å²) in [4.78, 5) is 24.5. The lowest BCUT2D eigenvalue weighted by atomic mass is 10.1. The Hall–Kier alpha value is -2.11. The van der Waals surface area contributed by atoms with Crippen LogP contribution in [0.25, 0.3) is 0 Å². The Morgan fingerprint density at radius 2 is 2.00 bits per heavy atom. The molecule has 6 heteroatoms. The van der Waals surface area contributed by atoms with E-state index in [-0.39, 0.29) is 12.2 Å². The lowest BCUT2D eigenvalue weighted by Crippen LogP contribution is -2.48. The van der Waals surface area contributed by atoms with Gasteiger partial charge >= 0.3 is 12.0 Å². The highest BCUT2D eigenvalue weighted by Crippen LogP contribution is 2.18. The number of halogens is 1. The zero-order chi connectivity index (χ0) is 15.8. The number of carbonyl (C=O) groups excluding carboxylic acids is 1. The first-order chi connectivity index (χ1) is 10.0. The van der Waals surface area contributed by atoms with Gasteiger partial charge < -0.3 is 10.4 Å². The Balaban J connectivity index is 2.83. The van der Waals surface area contributed by atoms with Crippen molar-refractivity contribution < 1.29 is 19.1 Å². The number of hydrogen-bond acceptors (Lipinski definition) is 2. The molecule has 0 saturated heterocycles. The maximum atomic E-state index is 13.7. The molecule has 0 saturated carbocycles. The van der Waals surface area contributed by atoms with E-state index < -0.39 is 23.9 Å². The Kier molecular flexibility index (Phi) is 6.65. The highest BCUT2D eigenvalue weighted by atomic mass is 19.1. The second-order valence-corrected chi connectivity index (χ2v) is 4.68. The first kappa shape index (κ1) is 16.9. The smallest absolute Gasteiger partial charge is 0.326 e. The number of anilines is 1. The molecular formula is C15H21FN2O3. The van der Waals surface area contributed by atoms with E-state index in [1.165, 1.54) is 23.1 Å². The van der Waals surface area contributed by atoms with Gasteiger partial charge in [0.1, 0.15) is 11.9 Å². The van der Waals surface area contributed by atoms with Gasteiger partial charge in [-0.1, -0.05) is 31.9 Å². The Morgan fingerprint density at radius 3 is 2.52 bits per heavy atom. The van der Waals surface area contributed by atoms with Crippen molar-refractivity contribution in [2.24, 2.45) is 0 Å². The molecular weight excluding hydrogens is 275 g/mol. The normalized spacial score (nSPS) is 11.8. The minimum absolute atomic E-state index is 0.136. The van der Waals surface area contributed by atoms with Gasteiger partial charge in [-0.3, -0.25) is 4.90 Å². The van der Waals surface area contributed by atoms with Gasteiger partial charge in [-0.05, 0) is 25.5 Å². The van der Waals surface area contributed by atoms with Crippen LogP contribution in [0, 0.1) is 5.82 Å². The molecule has 0 aliphatic carbocycles. The molecule has 0 fully saturated rings. The van der Waals surface area contributed by atoms with Crippen LogP contribution in [0.3, 0.4) is 0 Å². The Morgan fingerprint density at radius 1 is 1.33 bits per heavy atom. The number of aliphatic carboxylic acids is 1. The third kappa shape index (κ3) is 4.73. The van der Waals surface area contributed by atoms with Gasteiger partial charge in [0, 0.05) is 6.54 Å². The summed E-state index contributed by atoms with van der Waals surface area (Å²) >= 11 is 0. The second-order valence-electron chi connectivity index (χ2n) is 4.68. The van der Waals surface area contributed by atoms with Gasteiger partial charge in [0.05, 0.1) is 5.69 Å².